The molecule has 0 unspecified atom stereocenters. The van der Waals surface area contributed by atoms with Gasteiger partial charge in [0, 0.05) is 49.0 Å². The topological polar surface area (TPSA) is 72.9 Å². The van der Waals surface area contributed by atoms with Gasteiger partial charge in [-0.3, -0.25) is 4.79 Å². The van der Waals surface area contributed by atoms with E-state index < -0.39 is 5.97 Å². The van der Waals surface area contributed by atoms with E-state index in [1.54, 1.807) is 19.1 Å². The fourth-order valence-corrected chi connectivity index (χ4v) is 3.29. The molecule has 0 aliphatic carbocycles. The van der Waals surface area contributed by atoms with Gasteiger partial charge in [0.2, 0.25) is 5.91 Å². The number of carbonyl (C=O) groups is 2. The molecule has 27 heavy (non-hydrogen) atoms. The number of hydrogen-bond donors (Lipinski definition) is 2. The van der Waals surface area contributed by atoms with E-state index in [1.165, 1.54) is 6.07 Å². The first-order chi connectivity index (χ1) is 13.0. The number of nitrogens with zero attached hydrogens (tertiary/aromatic N) is 2. The lowest BCUT2D eigenvalue weighted by Gasteiger charge is -2.38. The molecule has 1 amide bonds. The molecular weight excluding hydrogens is 366 g/mol. The number of hydrogen-bond acceptors (Lipinski definition) is 4. The second-order valence-corrected chi connectivity index (χ2v) is 6.83. The number of halogens is 1. The van der Waals surface area contributed by atoms with Gasteiger partial charge in [0.25, 0.3) is 0 Å². The van der Waals surface area contributed by atoms with E-state index in [0.29, 0.717) is 35.9 Å². The highest BCUT2D eigenvalue weighted by Crippen LogP contribution is 2.27. The first-order valence-corrected chi connectivity index (χ1v) is 9.28. The van der Waals surface area contributed by atoms with E-state index in [9.17, 15) is 14.7 Å². The molecule has 6 nitrogen and oxygen atoms in total. The van der Waals surface area contributed by atoms with E-state index >= 15 is 0 Å². The van der Waals surface area contributed by atoms with Crippen molar-refractivity contribution in [2.24, 2.45) is 0 Å². The lowest BCUT2D eigenvalue weighted by Crippen LogP contribution is -2.47. The molecule has 1 saturated heterocycles. The minimum absolute atomic E-state index is 0.143. The molecule has 0 spiro atoms. The zero-order chi connectivity index (χ0) is 19.4. The van der Waals surface area contributed by atoms with Gasteiger partial charge in [-0.15, -0.1) is 0 Å². The number of nitrogens with one attached hydrogen (secondary N) is 1. The fourth-order valence-electron chi connectivity index (χ4n) is 3.17. The van der Waals surface area contributed by atoms with Crippen LogP contribution in [0.15, 0.2) is 42.5 Å². The first kappa shape index (κ1) is 19.0. The molecule has 1 aliphatic rings. The number of aromatic carboxylic acids is 1. The van der Waals surface area contributed by atoms with Crippen molar-refractivity contribution >= 4 is 40.5 Å². The van der Waals surface area contributed by atoms with Gasteiger partial charge in [0.1, 0.15) is 0 Å². The Morgan fingerprint density at radius 3 is 2.26 bits per heavy atom. The van der Waals surface area contributed by atoms with Crippen molar-refractivity contribution in [1.29, 1.82) is 0 Å². The zero-order valence-corrected chi connectivity index (χ0v) is 15.9. The van der Waals surface area contributed by atoms with Crippen molar-refractivity contribution in [2.75, 3.05) is 41.3 Å². The second kappa shape index (κ2) is 8.31. The monoisotopic (exact) mass is 387 g/mol. The van der Waals surface area contributed by atoms with Crippen molar-refractivity contribution in [3.63, 3.8) is 0 Å². The number of rotatable bonds is 5. The summed E-state index contributed by atoms with van der Waals surface area (Å²) in [7, 11) is 0. The molecule has 1 fully saturated rings. The van der Waals surface area contributed by atoms with Crippen molar-refractivity contribution in [2.45, 2.75) is 13.3 Å². The Hall–Kier alpha value is -2.73. The molecule has 7 heteroatoms. The Bertz CT molecular complexity index is 831. The van der Waals surface area contributed by atoms with Gasteiger partial charge < -0.3 is 20.2 Å². The van der Waals surface area contributed by atoms with Crippen LogP contribution in [0.3, 0.4) is 0 Å². The summed E-state index contributed by atoms with van der Waals surface area (Å²) in [6.45, 7) is 4.75. The van der Waals surface area contributed by atoms with E-state index in [1.807, 2.05) is 24.3 Å². The molecule has 2 aromatic carbocycles. The molecule has 0 radical (unpaired) electrons. The number of carbonyl (C=O) groups excluding carboxylic acids is 1. The third-order valence-corrected chi connectivity index (χ3v) is 4.90. The van der Waals surface area contributed by atoms with Gasteiger partial charge >= 0.3 is 5.97 Å². The molecule has 0 bridgehead atoms. The van der Waals surface area contributed by atoms with Crippen molar-refractivity contribution in [3.8, 4) is 0 Å². The summed E-state index contributed by atoms with van der Waals surface area (Å²) < 4.78 is 0. The maximum atomic E-state index is 11.7. The van der Waals surface area contributed by atoms with Crippen molar-refractivity contribution in [3.05, 3.63) is 53.1 Å². The lowest BCUT2D eigenvalue weighted by molar-refractivity contribution is -0.115. The number of amides is 1. The van der Waals surface area contributed by atoms with Crippen LogP contribution in [-0.4, -0.2) is 43.2 Å². The Morgan fingerprint density at radius 1 is 1.04 bits per heavy atom. The third-order valence-electron chi connectivity index (χ3n) is 4.64. The molecule has 3 rings (SSSR count). The van der Waals surface area contributed by atoms with Crippen LogP contribution < -0.4 is 15.1 Å². The summed E-state index contributed by atoms with van der Waals surface area (Å²) in [4.78, 5) is 27.6. The average Bonchev–Trinajstić information content (AvgIpc) is 2.68. The van der Waals surface area contributed by atoms with Crippen molar-refractivity contribution < 1.29 is 14.7 Å². The average molecular weight is 388 g/mol. The highest BCUT2D eigenvalue weighted by Gasteiger charge is 2.22. The maximum absolute atomic E-state index is 11.7. The SMILES string of the molecule is CCC(=O)Nc1ccc(N2CCN(c3ccc(Cl)cc3)CC2)c(C(=O)O)c1. The van der Waals surface area contributed by atoms with E-state index in [2.05, 4.69) is 15.1 Å². The normalized spacial score (nSPS) is 14.1. The van der Waals surface area contributed by atoms with Crippen LogP contribution in [0.2, 0.25) is 5.02 Å². The van der Waals surface area contributed by atoms with Gasteiger partial charge in [-0.05, 0) is 42.5 Å². The molecular formula is C20H22ClN3O3. The minimum Gasteiger partial charge on any atom is -0.478 e. The Labute approximate surface area is 163 Å². The minimum atomic E-state index is -1.00. The quantitative estimate of drug-likeness (QED) is 0.818. The van der Waals surface area contributed by atoms with E-state index in [0.717, 1.165) is 18.8 Å². The van der Waals surface area contributed by atoms with Gasteiger partial charge in [-0.1, -0.05) is 18.5 Å². The van der Waals surface area contributed by atoms with Crippen molar-refractivity contribution in [1.82, 2.24) is 0 Å². The Morgan fingerprint density at radius 2 is 1.67 bits per heavy atom. The fraction of sp³-hybridized carbons (Fsp3) is 0.300. The molecule has 0 saturated carbocycles. The van der Waals surface area contributed by atoms with Crippen LogP contribution in [-0.2, 0) is 4.79 Å². The number of anilines is 3. The van der Waals surface area contributed by atoms with Crippen LogP contribution in [0.1, 0.15) is 23.7 Å². The maximum Gasteiger partial charge on any atom is 0.337 e. The standard InChI is InChI=1S/C20H22ClN3O3/c1-2-19(25)22-15-5-8-18(17(13-15)20(26)27)24-11-9-23(10-12-24)16-6-3-14(21)4-7-16/h3-8,13H,2,9-12H2,1H3,(H,22,25)(H,26,27). The van der Waals surface area contributed by atoms with Gasteiger partial charge in [-0.25, -0.2) is 4.79 Å². The predicted molar refractivity (Wildman–Crippen MR) is 108 cm³/mol. The van der Waals surface area contributed by atoms with E-state index in [-0.39, 0.29) is 11.5 Å². The number of carboxylic acids is 1. The molecule has 142 valence electrons. The highest BCUT2D eigenvalue weighted by molar-refractivity contribution is 6.30. The highest BCUT2D eigenvalue weighted by atomic mass is 35.5. The smallest absolute Gasteiger partial charge is 0.337 e. The van der Waals surface area contributed by atoms with Gasteiger partial charge in [0.15, 0.2) is 0 Å². The summed E-state index contributed by atoms with van der Waals surface area (Å²) in [5.41, 5.74) is 2.48. The summed E-state index contributed by atoms with van der Waals surface area (Å²) in [5.74, 6) is -1.15. The van der Waals surface area contributed by atoms with Crippen LogP contribution in [0, 0.1) is 0 Å². The third kappa shape index (κ3) is 4.52. The number of carboxylic acid groups (broad SMARTS) is 1. The van der Waals surface area contributed by atoms with Crippen LogP contribution in [0.25, 0.3) is 0 Å². The number of benzene rings is 2. The largest absolute Gasteiger partial charge is 0.478 e. The van der Waals surface area contributed by atoms with Gasteiger partial charge in [0.05, 0.1) is 11.3 Å². The summed E-state index contributed by atoms with van der Waals surface area (Å²) in [5, 5.41) is 13.0. The van der Waals surface area contributed by atoms with Crippen LogP contribution in [0.4, 0.5) is 17.1 Å². The van der Waals surface area contributed by atoms with E-state index in [4.69, 9.17) is 11.6 Å². The second-order valence-electron chi connectivity index (χ2n) is 6.39. The Kier molecular flexibility index (Phi) is 5.86. The Balaban J connectivity index is 1.74. The molecule has 1 aliphatic heterocycles. The number of piperazine rings is 1. The van der Waals surface area contributed by atoms with Crippen LogP contribution in [0.5, 0.6) is 0 Å². The zero-order valence-electron chi connectivity index (χ0n) is 15.1. The first-order valence-electron chi connectivity index (χ1n) is 8.90. The molecule has 2 aromatic rings. The van der Waals surface area contributed by atoms with Crippen LogP contribution >= 0.6 is 11.6 Å². The van der Waals surface area contributed by atoms with Gasteiger partial charge in [-0.2, -0.15) is 0 Å². The lowest BCUT2D eigenvalue weighted by atomic mass is 10.1. The summed E-state index contributed by atoms with van der Waals surface area (Å²) in [6, 6.07) is 12.8. The summed E-state index contributed by atoms with van der Waals surface area (Å²) in [6.07, 6.45) is 0.344. The molecule has 0 aromatic heterocycles. The molecule has 0 atom stereocenters. The predicted octanol–water partition coefficient (Wildman–Crippen LogP) is 3.71. The summed E-state index contributed by atoms with van der Waals surface area (Å²) >= 11 is 5.95. The molecule has 1 heterocycles. The molecule has 2 N–H and O–H groups in total.